The van der Waals surface area contributed by atoms with E-state index in [4.69, 9.17) is 0 Å². The number of hydrogen-bond acceptors (Lipinski definition) is 2. The molecule has 1 fully saturated rings. The van der Waals surface area contributed by atoms with Gasteiger partial charge in [-0.1, -0.05) is 13.8 Å². The maximum atomic E-state index is 11.3. The van der Waals surface area contributed by atoms with E-state index >= 15 is 0 Å². The highest BCUT2D eigenvalue weighted by atomic mass is 16.2. The summed E-state index contributed by atoms with van der Waals surface area (Å²) in [5.41, 5.74) is 0. The zero-order valence-corrected chi connectivity index (χ0v) is 8.30. The summed E-state index contributed by atoms with van der Waals surface area (Å²) in [5, 5.41) is 2.87. The minimum absolute atomic E-state index is 0.0911. The fraction of sp³-hybridized carbons (Fsp3) is 0.800. The molecule has 1 aliphatic rings. The minimum atomic E-state index is 0.0911. The van der Waals surface area contributed by atoms with Gasteiger partial charge in [0.05, 0.1) is 0 Å². The Hall–Kier alpha value is -0.860. The molecule has 0 spiro atoms. The molecule has 0 aromatic heterocycles. The molecule has 74 valence electrons. The Bertz CT molecular complexity index is 213. The van der Waals surface area contributed by atoms with Gasteiger partial charge in [-0.2, -0.15) is 0 Å². The van der Waals surface area contributed by atoms with Crippen LogP contribution in [-0.4, -0.2) is 17.7 Å². The summed E-state index contributed by atoms with van der Waals surface area (Å²) in [6.45, 7) is 3.82. The van der Waals surface area contributed by atoms with Crippen molar-refractivity contribution in [1.82, 2.24) is 5.32 Å². The molecule has 0 radical (unpaired) electrons. The molecule has 2 atom stereocenters. The summed E-state index contributed by atoms with van der Waals surface area (Å²) < 4.78 is 0. The van der Waals surface area contributed by atoms with Crippen LogP contribution in [0.2, 0.25) is 0 Å². The molecular weight excluding hydrogens is 166 g/mol. The van der Waals surface area contributed by atoms with Crippen molar-refractivity contribution < 1.29 is 9.59 Å². The van der Waals surface area contributed by atoms with Crippen LogP contribution < -0.4 is 5.32 Å². The van der Waals surface area contributed by atoms with Crippen molar-refractivity contribution in [1.29, 1.82) is 0 Å². The van der Waals surface area contributed by atoms with Crippen LogP contribution in [0.3, 0.4) is 0 Å². The van der Waals surface area contributed by atoms with Gasteiger partial charge in [-0.15, -0.1) is 0 Å². The van der Waals surface area contributed by atoms with Crippen LogP contribution in [0.5, 0.6) is 0 Å². The molecule has 1 rings (SSSR count). The average Bonchev–Trinajstić information content (AvgIpc) is 2.49. The predicted molar refractivity (Wildman–Crippen MR) is 50.2 cm³/mol. The normalized spacial score (nSPS) is 24.2. The summed E-state index contributed by atoms with van der Waals surface area (Å²) in [4.78, 5) is 22.1. The number of rotatable bonds is 4. The second kappa shape index (κ2) is 4.40. The summed E-state index contributed by atoms with van der Waals surface area (Å²) in [5.74, 6) is 0.510. The van der Waals surface area contributed by atoms with Crippen molar-refractivity contribution in [2.24, 2.45) is 5.92 Å². The zero-order valence-electron chi connectivity index (χ0n) is 8.30. The third kappa shape index (κ3) is 2.83. The van der Waals surface area contributed by atoms with Gasteiger partial charge in [-0.25, -0.2) is 0 Å². The monoisotopic (exact) mass is 183 g/mol. The SMILES string of the molecule is CCC(=O)C(C)C[C@H]1CCC(=O)N1. The van der Waals surface area contributed by atoms with E-state index in [1.165, 1.54) is 0 Å². The van der Waals surface area contributed by atoms with Crippen molar-refractivity contribution in [2.45, 2.75) is 45.6 Å². The lowest BCUT2D eigenvalue weighted by Crippen LogP contribution is -2.28. The van der Waals surface area contributed by atoms with E-state index in [0.29, 0.717) is 18.6 Å². The molecule has 1 N–H and O–H groups in total. The smallest absolute Gasteiger partial charge is 0.220 e. The molecule has 1 saturated heterocycles. The Morgan fingerprint density at radius 2 is 2.38 bits per heavy atom. The lowest BCUT2D eigenvalue weighted by Gasteiger charge is -2.14. The van der Waals surface area contributed by atoms with Gasteiger partial charge in [-0.05, 0) is 12.8 Å². The molecular formula is C10H17NO2. The van der Waals surface area contributed by atoms with Crippen LogP contribution >= 0.6 is 0 Å². The molecule has 0 aromatic rings. The van der Waals surface area contributed by atoms with E-state index in [1.54, 1.807) is 0 Å². The number of carbonyl (C=O) groups is 2. The van der Waals surface area contributed by atoms with E-state index in [9.17, 15) is 9.59 Å². The first-order valence-electron chi connectivity index (χ1n) is 4.95. The largest absolute Gasteiger partial charge is 0.353 e. The van der Waals surface area contributed by atoms with Gasteiger partial charge in [0.25, 0.3) is 0 Å². The fourth-order valence-electron chi connectivity index (χ4n) is 1.76. The topological polar surface area (TPSA) is 46.2 Å². The highest BCUT2D eigenvalue weighted by Crippen LogP contribution is 2.16. The van der Waals surface area contributed by atoms with Crippen molar-refractivity contribution in [3.8, 4) is 0 Å². The van der Waals surface area contributed by atoms with E-state index in [-0.39, 0.29) is 17.9 Å². The summed E-state index contributed by atoms with van der Waals surface area (Å²) >= 11 is 0. The van der Waals surface area contributed by atoms with Gasteiger partial charge >= 0.3 is 0 Å². The number of amides is 1. The quantitative estimate of drug-likeness (QED) is 0.713. The van der Waals surface area contributed by atoms with Gasteiger partial charge < -0.3 is 5.32 Å². The van der Waals surface area contributed by atoms with Crippen LogP contribution in [0.1, 0.15) is 39.5 Å². The Labute approximate surface area is 78.9 Å². The molecule has 13 heavy (non-hydrogen) atoms. The fourth-order valence-corrected chi connectivity index (χ4v) is 1.76. The minimum Gasteiger partial charge on any atom is -0.353 e. The second-order valence-electron chi connectivity index (χ2n) is 3.76. The number of hydrogen-bond donors (Lipinski definition) is 1. The zero-order chi connectivity index (χ0) is 9.84. The lowest BCUT2D eigenvalue weighted by molar-refractivity contribution is -0.123. The van der Waals surface area contributed by atoms with Crippen LogP contribution in [0, 0.1) is 5.92 Å². The molecule has 1 aliphatic heterocycles. The molecule has 0 saturated carbocycles. The van der Waals surface area contributed by atoms with Crippen LogP contribution in [-0.2, 0) is 9.59 Å². The van der Waals surface area contributed by atoms with Crippen LogP contribution in [0.4, 0.5) is 0 Å². The van der Waals surface area contributed by atoms with Crippen molar-refractivity contribution in [3.63, 3.8) is 0 Å². The number of Topliss-reactive ketones (excluding diaryl/α,β-unsaturated/α-hetero) is 1. The van der Waals surface area contributed by atoms with Gasteiger partial charge in [0, 0.05) is 24.8 Å². The summed E-state index contributed by atoms with van der Waals surface area (Å²) in [6, 6.07) is 0.234. The third-order valence-electron chi connectivity index (χ3n) is 2.62. The standard InChI is InChI=1S/C10H17NO2/c1-3-9(12)7(2)6-8-4-5-10(13)11-8/h7-8H,3-6H2,1-2H3,(H,11,13)/t7?,8-/m1/s1. The maximum Gasteiger partial charge on any atom is 0.220 e. The first-order chi connectivity index (χ1) is 6.13. The van der Waals surface area contributed by atoms with E-state index < -0.39 is 0 Å². The van der Waals surface area contributed by atoms with E-state index in [2.05, 4.69) is 5.32 Å². The highest BCUT2D eigenvalue weighted by Gasteiger charge is 2.24. The lowest BCUT2D eigenvalue weighted by atomic mass is 9.95. The molecule has 3 heteroatoms. The van der Waals surface area contributed by atoms with Crippen LogP contribution in [0.15, 0.2) is 0 Å². The Balaban J connectivity index is 2.32. The molecule has 3 nitrogen and oxygen atoms in total. The Kier molecular flexibility index (Phi) is 3.46. The first kappa shape index (κ1) is 10.2. The Morgan fingerprint density at radius 1 is 1.69 bits per heavy atom. The predicted octanol–water partition coefficient (Wildman–Crippen LogP) is 1.27. The molecule has 0 aliphatic carbocycles. The number of ketones is 1. The van der Waals surface area contributed by atoms with Gasteiger partial charge in [-0.3, -0.25) is 9.59 Å². The number of carbonyl (C=O) groups excluding carboxylic acids is 2. The molecule has 0 aromatic carbocycles. The molecule has 0 bridgehead atoms. The summed E-state index contributed by atoms with van der Waals surface area (Å²) in [7, 11) is 0. The first-order valence-corrected chi connectivity index (χ1v) is 4.95. The van der Waals surface area contributed by atoms with E-state index in [0.717, 1.165) is 12.8 Å². The summed E-state index contributed by atoms with van der Waals surface area (Å²) in [6.07, 6.45) is 2.91. The van der Waals surface area contributed by atoms with Gasteiger partial charge in [0.1, 0.15) is 5.78 Å². The van der Waals surface area contributed by atoms with Crippen molar-refractivity contribution in [3.05, 3.63) is 0 Å². The third-order valence-corrected chi connectivity index (χ3v) is 2.62. The number of nitrogens with one attached hydrogen (secondary N) is 1. The molecule has 1 unspecified atom stereocenters. The van der Waals surface area contributed by atoms with Crippen LogP contribution in [0.25, 0.3) is 0 Å². The highest BCUT2D eigenvalue weighted by molar-refractivity contribution is 5.81. The molecule has 1 heterocycles. The maximum absolute atomic E-state index is 11.3. The van der Waals surface area contributed by atoms with Crippen molar-refractivity contribution >= 4 is 11.7 Å². The van der Waals surface area contributed by atoms with Crippen molar-refractivity contribution in [2.75, 3.05) is 0 Å². The Morgan fingerprint density at radius 3 is 2.85 bits per heavy atom. The van der Waals surface area contributed by atoms with Gasteiger partial charge in [0.2, 0.25) is 5.91 Å². The average molecular weight is 183 g/mol. The molecule has 1 amide bonds. The van der Waals surface area contributed by atoms with Gasteiger partial charge in [0.15, 0.2) is 0 Å². The van der Waals surface area contributed by atoms with E-state index in [1.807, 2.05) is 13.8 Å². The second-order valence-corrected chi connectivity index (χ2v) is 3.76.